The molecule has 3 heterocycles. The second kappa shape index (κ2) is 4.96. The minimum absolute atomic E-state index is 0.00417. The van der Waals surface area contributed by atoms with E-state index in [0.29, 0.717) is 5.92 Å². The number of nitrogens with zero attached hydrogens (tertiary/aromatic N) is 2. The summed E-state index contributed by atoms with van der Waals surface area (Å²) >= 11 is 2.00. The van der Waals surface area contributed by atoms with E-state index in [1.54, 1.807) is 0 Å². The molecule has 4 nitrogen and oxygen atoms in total. The number of methoxy groups -OCH3 is 1. The first-order chi connectivity index (χ1) is 8.79. The van der Waals surface area contributed by atoms with E-state index in [9.17, 15) is 4.79 Å². The van der Waals surface area contributed by atoms with E-state index in [0.717, 1.165) is 19.4 Å². The summed E-state index contributed by atoms with van der Waals surface area (Å²) in [5.74, 6) is 4.07. The number of ether oxygens (including phenoxy) is 1. The summed E-state index contributed by atoms with van der Waals surface area (Å²) in [6.07, 6.45) is 5.03. The van der Waals surface area contributed by atoms with Gasteiger partial charge in [-0.25, -0.2) is 4.98 Å². The van der Waals surface area contributed by atoms with Crippen LogP contribution in [-0.4, -0.2) is 34.1 Å². The molecule has 2 atom stereocenters. The third-order valence-electron chi connectivity index (χ3n) is 3.95. The second-order valence-corrected chi connectivity index (χ2v) is 6.19. The Morgan fingerprint density at radius 2 is 2.44 bits per heavy atom. The van der Waals surface area contributed by atoms with Crippen molar-refractivity contribution in [1.29, 1.82) is 0 Å². The molecule has 1 fully saturated rings. The lowest BCUT2D eigenvalue weighted by molar-refractivity contribution is -0.146. The number of aromatic nitrogens is 2. The van der Waals surface area contributed by atoms with Crippen LogP contribution in [0.15, 0.2) is 6.20 Å². The lowest BCUT2D eigenvalue weighted by Gasteiger charge is -2.24. The number of carbonyl (C=O) groups is 1. The minimum atomic E-state index is -0.0823. The Bertz CT molecular complexity index is 452. The zero-order chi connectivity index (χ0) is 12.5. The first-order valence-electron chi connectivity index (χ1n) is 6.49. The molecule has 0 saturated carbocycles. The largest absolute Gasteiger partial charge is 0.469 e. The lowest BCUT2D eigenvalue weighted by atomic mass is 9.97. The van der Waals surface area contributed by atoms with Gasteiger partial charge in [0, 0.05) is 30.1 Å². The molecule has 18 heavy (non-hydrogen) atoms. The SMILES string of the molecule is COC(=O)C1CCc2cnc(C3CCSC3)n2C1. The van der Waals surface area contributed by atoms with Crippen LogP contribution >= 0.6 is 11.8 Å². The van der Waals surface area contributed by atoms with Crippen LogP contribution in [0.3, 0.4) is 0 Å². The molecular formula is C13H18N2O2S. The number of fused-ring (bicyclic) bond motifs is 1. The predicted octanol–water partition coefficient (Wildman–Crippen LogP) is 1.84. The summed E-state index contributed by atoms with van der Waals surface area (Å²) in [6.45, 7) is 0.749. The third kappa shape index (κ3) is 2.05. The van der Waals surface area contributed by atoms with Gasteiger partial charge in [0.25, 0.3) is 0 Å². The number of imidazole rings is 1. The maximum atomic E-state index is 11.7. The van der Waals surface area contributed by atoms with Crippen LogP contribution in [0.5, 0.6) is 0 Å². The Morgan fingerprint density at radius 3 is 3.17 bits per heavy atom. The van der Waals surface area contributed by atoms with Gasteiger partial charge in [-0.3, -0.25) is 4.79 Å². The first kappa shape index (κ1) is 12.1. The van der Waals surface area contributed by atoms with E-state index < -0.39 is 0 Å². The maximum Gasteiger partial charge on any atom is 0.310 e. The molecule has 2 aliphatic rings. The van der Waals surface area contributed by atoms with Gasteiger partial charge in [-0.05, 0) is 25.0 Å². The number of esters is 1. The fraction of sp³-hybridized carbons (Fsp3) is 0.692. The van der Waals surface area contributed by atoms with Crippen LogP contribution in [0.2, 0.25) is 0 Å². The molecule has 5 heteroatoms. The van der Waals surface area contributed by atoms with Crippen molar-refractivity contribution in [3.05, 3.63) is 17.7 Å². The quantitative estimate of drug-likeness (QED) is 0.766. The highest BCUT2D eigenvalue weighted by Crippen LogP contribution is 2.34. The van der Waals surface area contributed by atoms with Crippen LogP contribution in [0.1, 0.15) is 30.3 Å². The van der Waals surface area contributed by atoms with Crippen molar-refractivity contribution >= 4 is 17.7 Å². The monoisotopic (exact) mass is 266 g/mol. The van der Waals surface area contributed by atoms with Crippen LogP contribution < -0.4 is 0 Å². The highest BCUT2D eigenvalue weighted by molar-refractivity contribution is 7.99. The molecule has 0 spiro atoms. The topological polar surface area (TPSA) is 44.1 Å². The fourth-order valence-corrected chi connectivity index (χ4v) is 4.11. The fourth-order valence-electron chi connectivity index (χ4n) is 2.89. The summed E-state index contributed by atoms with van der Waals surface area (Å²) < 4.78 is 7.14. The molecular weight excluding hydrogens is 248 g/mol. The third-order valence-corrected chi connectivity index (χ3v) is 5.11. The molecule has 0 radical (unpaired) electrons. The normalized spacial score (nSPS) is 26.9. The number of hydrogen-bond acceptors (Lipinski definition) is 4. The molecule has 98 valence electrons. The maximum absolute atomic E-state index is 11.7. The number of thioether (sulfide) groups is 1. The molecule has 2 unspecified atom stereocenters. The summed E-state index contributed by atoms with van der Waals surface area (Å²) in [5.41, 5.74) is 1.28. The van der Waals surface area contributed by atoms with E-state index in [-0.39, 0.29) is 11.9 Å². The van der Waals surface area contributed by atoms with Gasteiger partial charge >= 0.3 is 5.97 Å². The van der Waals surface area contributed by atoms with E-state index in [4.69, 9.17) is 4.74 Å². The summed E-state index contributed by atoms with van der Waals surface area (Å²) in [5, 5.41) is 0. The number of aryl methyl sites for hydroxylation is 1. The van der Waals surface area contributed by atoms with Crippen molar-refractivity contribution in [3.63, 3.8) is 0 Å². The van der Waals surface area contributed by atoms with Crippen LogP contribution in [0.25, 0.3) is 0 Å². The standard InChI is InChI=1S/C13H18N2O2S/c1-17-13(16)9-2-3-11-6-14-12(15(11)7-9)10-4-5-18-8-10/h6,9-10H,2-5,7-8H2,1H3. The second-order valence-electron chi connectivity index (χ2n) is 5.04. The highest BCUT2D eigenvalue weighted by Gasteiger charge is 2.30. The zero-order valence-corrected chi connectivity index (χ0v) is 11.4. The van der Waals surface area contributed by atoms with Crippen molar-refractivity contribution in [2.75, 3.05) is 18.6 Å². The molecule has 0 N–H and O–H groups in total. The van der Waals surface area contributed by atoms with Crippen molar-refractivity contribution in [2.24, 2.45) is 5.92 Å². The minimum Gasteiger partial charge on any atom is -0.469 e. The predicted molar refractivity (Wildman–Crippen MR) is 70.7 cm³/mol. The van der Waals surface area contributed by atoms with Gasteiger partial charge in [-0.1, -0.05) is 0 Å². The van der Waals surface area contributed by atoms with Gasteiger partial charge in [-0.2, -0.15) is 11.8 Å². The van der Waals surface area contributed by atoms with Gasteiger partial charge in [0.05, 0.1) is 13.0 Å². The van der Waals surface area contributed by atoms with Crippen LogP contribution in [-0.2, 0) is 22.5 Å². The zero-order valence-electron chi connectivity index (χ0n) is 10.6. The van der Waals surface area contributed by atoms with E-state index in [1.807, 2.05) is 18.0 Å². The highest BCUT2D eigenvalue weighted by atomic mass is 32.2. The van der Waals surface area contributed by atoms with Crippen molar-refractivity contribution in [3.8, 4) is 0 Å². The Balaban J connectivity index is 1.84. The number of hydrogen-bond donors (Lipinski definition) is 0. The molecule has 0 amide bonds. The Labute approximate surface area is 111 Å². The Morgan fingerprint density at radius 1 is 1.56 bits per heavy atom. The summed E-state index contributed by atoms with van der Waals surface area (Å²) in [7, 11) is 1.47. The van der Waals surface area contributed by atoms with Gasteiger partial charge in [-0.15, -0.1) is 0 Å². The molecule has 0 aromatic carbocycles. The summed E-state index contributed by atoms with van der Waals surface area (Å²) in [4.78, 5) is 16.3. The first-order valence-corrected chi connectivity index (χ1v) is 7.65. The van der Waals surface area contributed by atoms with Crippen molar-refractivity contribution in [2.45, 2.75) is 31.7 Å². The number of rotatable bonds is 2. The van der Waals surface area contributed by atoms with Gasteiger partial charge < -0.3 is 9.30 Å². The lowest BCUT2D eigenvalue weighted by Crippen LogP contribution is -2.29. The number of carbonyl (C=O) groups excluding carboxylic acids is 1. The van der Waals surface area contributed by atoms with E-state index in [1.165, 1.54) is 36.6 Å². The molecule has 0 aliphatic carbocycles. The molecule has 1 aromatic rings. The van der Waals surface area contributed by atoms with Gasteiger partial charge in [0.15, 0.2) is 0 Å². The molecule has 3 rings (SSSR count). The molecule has 1 saturated heterocycles. The van der Waals surface area contributed by atoms with E-state index in [2.05, 4.69) is 9.55 Å². The Hall–Kier alpha value is -0.970. The molecule has 2 aliphatic heterocycles. The molecule has 1 aromatic heterocycles. The van der Waals surface area contributed by atoms with Crippen molar-refractivity contribution < 1.29 is 9.53 Å². The van der Waals surface area contributed by atoms with E-state index >= 15 is 0 Å². The average Bonchev–Trinajstić information content (AvgIpc) is 3.05. The molecule has 0 bridgehead atoms. The van der Waals surface area contributed by atoms with Gasteiger partial charge in [0.1, 0.15) is 5.82 Å². The summed E-state index contributed by atoms with van der Waals surface area (Å²) in [6, 6.07) is 0. The average molecular weight is 266 g/mol. The Kier molecular flexibility index (Phi) is 3.33. The smallest absolute Gasteiger partial charge is 0.310 e. The van der Waals surface area contributed by atoms with Gasteiger partial charge in [0.2, 0.25) is 0 Å². The van der Waals surface area contributed by atoms with Crippen LogP contribution in [0.4, 0.5) is 0 Å². The van der Waals surface area contributed by atoms with Crippen molar-refractivity contribution in [1.82, 2.24) is 9.55 Å². The van der Waals surface area contributed by atoms with Crippen LogP contribution in [0, 0.1) is 5.92 Å².